The molecule has 0 bridgehead atoms. The van der Waals surface area contributed by atoms with Gasteiger partial charge in [0.15, 0.2) is 0 Å². The molecule has 0 atom stereocenters. The highest BCUT2D eigenvalue weighted by molar-refractivity contribution is 14.1. The molecule has 1 rings (SSSR count). The molecule has 111 valence electrons. The molecule has 21 heavy (non-hydrogen) atoms. The molecule has 1 aromatic carbocycles. The van der Waals surface area contributed by atoms with Crippen LogP contribution in [0.1, 0.15) is 29.8 Å². The van der Waals surface area contributed by atoms with Crippen LogP contribution in [-0.4, -0.2) is 23.3 Å². The largest absolute Gasteiger partial charge is 0.285 e. The van der Waals surface area contributed by atoms with Crippen molar-refractivity contribution < 1.29 is 19.2 Å². The first kappa shape index (κ1) is 19.2. The van der Waals surface area contributed by atoms with Gasteiger partial charge in [-0.3, -0.25) is 19.2 Å². The number of carbonyl (C=O) groups excluding carboxylic acids is 4. The number of imide groups is 1. The Balaban J connectivity index is 3.94. The maximum atomic E-state index is 11.7. The van der Waals surface area contributed by atoms with Crippen LogP contribution >= 0.6 is 79.4 Å². The third kappa shape index (κ3) is 3.75. The zero-order valence-corrected chi connectivity index (χ0v) is 17.8. The summed E-state index contributed by atoms with van der Waals surface area (Å²) in [7, 11) is 0. The van der Waals surface area contributed by atoms with Gasteiger partial charge in [-0.05, 0) is 79.4 Å². The van der Waals surface area contributed by atoms with Crippen LogP contribution in [-0.2, 0) is 14.4 Å². The molecule has 1 radical (unpaired) electrons. The van der Waals surface area contributed by atoms with Gasteiger partial charge in [-0.1, -0.05) is 0 Å². The van der Waals surface area contributed by atoms with Crippen LogP contribution in [0.5, 0.6) is 0 Å². The summed E-state index contributed by atoms with van der Waals surface area (Å²) in [5.74, 6) is -1.05. The molecular formula is C12H6ClI3NO4. The van der Waals surface area contributed by atoms with Gasteiger partial charge in [0.2, 0.25) is 18.1 Å². The van der Waals surface area contributed by atoms with Crippen LogP contribution in [0.3, 0.4) is 0 Å². The van der Waals surface area contributed by atoms with Gasteiger partial charge in [-0.25, -0.2) is 4.90 Å². The van der Waals surface area contributed by atoms with Crippen molar-refractivity contribution >= 4 is 108 Å². The molecule has 1 aromatic rings. The van der Waals surface area contributed by atoms with Crippen molar-refractivity contribution in [3.8, 4) is 0 Å². The predicted molar refractivity (Wildman–Crippen MR) is 103 cm³/mol. The van der Waals surface area contributed by atoms with E-state index in [1.807, 2.05) is 67.8 Å². The maximum Gasteiger partial charge on any atom is 0.254 e. The first-order chi connectivity index (χ1) is 9.64. The number of halogens is 4. The lowest BCUT2D eigenvalue weighted by atomic mass is 10.1. The fourth-order valence-corrected chi connectivity index (χ4v) is 6.51. The minimum Gasteiger partial charge on any atom is -0.285 e. The standard InChI is InChI=1S/C12H6ClI3NO4/c1-4(19)17(5(2)20)11-9(15)6(3-18)8(14)7(10(11)16)12(13)21/h1-2H3. The molecular weight excluding hydrogens is 638 g/mol. The van der Waals surface area contributed by atoms with Gasteiger partial charge in [0.1, 0.15) is 0 Å². The van der Waals surface area contributed by atoms with E-state index in [1.54, 1.807) is 6.29 Å². The van der Waals surface area contributed by atoms with Crippen molar-refractivity contribution in [1.82, 2.24) is 0 Å². The van der Waals surface area contributed by atoms with Crippen molar-refractivity contribution in [2.75, 3.05) is 4.90 Å². The number of carbonyl (C=O) groups is 3. The number of anilines is 1. The van der Waals surface area contributed by atoms with Crippen molar-refractivity contribution in [3.63, 3.8) is 0 Å². The van der Waals surface area contributed by atoms with Crippen LogP contribution in [0.2, 0.25) is 0 Å². The molecule has 0 aliphatic heterocycles. The molecule has 0 aromatic heterocycles. The van der Waals surface area contributed by atoms with Crippen molar-refractivity contribution in [2.24, 2.45) is 0 Å². The minimum absolute atomic E-state index is 0.0825. The van der Waals surface area contributed by atoms with Gasteiger partial charge in [-0.2, -0.15) is 0 Å². The second kappa shape index (κ2) is 7.64. The maximum absolute atomic E-state index is 11.7. The molecule has 2 amide bonds. The molecule has 0 aliphatic carbocycles. The van der Waals surface area contributed by atoms with Crippen molar-refractivity contribution in [1.29, 1.82) is 0 Å². The Labute approximate surface area is 166 Å². The van der Waals surface area contributed by atoms with Gasteiger partial charge in [0.05, 0.1) is 24.0 Å². The first-order valence-electron chi connectivity index (χ1n) is 5.24. The molecule has 9 heteroatoms. The van der Waals surface area contributed by atoms with Crippen molar-refractivity contribution in [3.05, 3.63) is 21.8 Å². The monoisotopic (exact) mass is 644 g/mol. The van der Waals surface area contributed by atoms with Crippen LogP contribution in [0.4, 0.5) is 5.69 Å². The quantitative estimate of drug-likeness (QED) is 0.375. The second-order valence-electron chi connectivity index (χ2n) is 3.79. The molecule has 0 saturated heterocycles. The van der Waals surface area contributed by atoms with Crippen LogP contribution in [0, 0.1) is 10.7 Å². The third-order valence-corrected chi connectivity index (χ3v) is 5.81. The Hall–Kier alpha value is 0.180. The van der Waals surface area contributed by atoms with Gasteiger partial charge in [-0.15, -0.1) is 0 Å². The number of benzene rings is 1. The van der Waals surface area contributed by atoms with E-state index in [4.69, 9.17) is 11.6 Å². The summed E-state index contributed by atoms with van der Waals surface area (Å²) in [5, 5.41) is -0.773. The van der Waals surface area contributed by atoms with Crippen LogP contribution in [0.25, 0.3) is 0 Å². The van der Waals surface area contributed by atoms with Crippen LogP contribution in [0.15, 0.2) is 0 Å². The third-order valence-electron chi connectivity index (χ3n) is 2.45. The highest BCUT2D eigenvalue weighted by Crippen LogP contribution is 2.38. The molecule has 0 unspecified atom stereocenters. The van der Waals surface area contributed by atoms with Gasteiger partial charge in [0.25, 0.3) is 5.24 Å². The normalized spacial score (nSPS) is 10.2. The highest BCUT2D eigenvalue weighted by Gasteiger charge is 2.29. The average molecular weight is 644 g/mol. The number of rotatable bonds is 3. The second-order valence-corrected chi connectivity index (χ2v) is 7.37. The lowest BCUT2D eigenvalue weighted by Crippen LogP contribution is -2.35. The lowest BCUT2D eigenvalue weighted by Gasteiger charge is -2.23. The van der Waals surface area contributed by atoms with E-state index in [2.05, 4.69) is 0 Å². The van der Waals surface area contributed by atoms with Gasteiger partial charge in [0, 0.05) is 17.4 Å². The highest BCUT2D eigenvalue weighted by atomic mass is 127. The summed E-state index contributed by atoms with van der Waals surface area (Å²) in [6.45, 7) is 2.44. The smallest absolute Gasteiger partial charge is 0.254 e. The molecule has 0 heterocycles. The molecule has 0 aliphatic rings. The van der Waals surface area contributed by atoms with Crippen LogP contribution < -0.4 is 4.90 Å². The summed E-state index contributed by atoms with van der Waals surface area (Å²) in [6, 6.07) is 0. The SMILES string of the molecule is CC(=O)N(C(C)=O)c1c(I)c([C]=O)c(I)c(C(=O)Cl)c1I. The summed E-state index contributed by atoms with van der Waals surface area (Å²) in [5.41, 5.74) is 0.362. The Morgan fingerprint density at radius 3 is 1.81 bits per heavy atom. The Morgan fingerprint density at radius 1 is 1.00 bits per heavy atom. The molecule has 0 spiro atoms. The van der Waals surface area contributed by atoms with E-state index in [1.165, 1.54) is 13.8 Å². The first-order valence-corrected chi connectivity index (χ1v) is 8.86. The van der Waals surface area contributed by atoms with Gasteiger partial charge < -0.3 is 0 Å². The van der Waals surface area contributed by atoms with E-state index in [0.29, 0.717) is 10.7 Å². The lowest BCUT2D eigenvalue weighted by molar-refractivity contribution is -0.124. The number of nitrogens with zero attached hydrogens (tertiary/aromatic N) is 1. The molecule has 0 saturated carbocycles. The number of hydrogen-bond donors (Lipinski definition) is 0. The summed E-state index contributed by atoms with van der Waals surface area (Å²) in [4.78, 5) is 47.2. The Morgan fingerprint density at radius 2 is 1.48 bits per heavy atom. The summed E-state index contributed by atoms with van der Waals surface area (Å²) < 4.78 is 1.04. The minimum atomic E-state index is -0.773. The van der Waals surface area contributed by atoms with E-state index >= 15 is 0 Å². The predicted octanol–water partition coefficient (Wildman–Crippen LogP) is 3.24. The average Bonchev–Trinajstić information content (AvgIpc) is 2.33. The zero-order chi connectivity index (χ0) is 16.5. The van der Waals surface area contributed by atoms with Gasteiger partial charge >= 0.3 is 0 Å². The summed E-state index contributed by atoms with van der Waals surface area (Å²) in [6.07, 6.45) is 1.73. The summed E-state index contributed by atoms with van der Waals surface area (Å²) >= 11 is 11.1. The zero-order valence-electron chi connectivity index (χ0n) is 10.6. The Kier molecular flexibility index (Phi) is 6.99. The van der Waals surface area contributed by atoms with E-state index in [0.717, 1.165) is 4.90 Å². The Bertz CT molecular complexity index is 661. The van der Waals surface area contributed by atoms with E-state index in [9.17, 15) is 19.2 Å². The van der Waals surface area contributed by atoms with E-state index in [-0.39, 0.29) is 16.8 Å². The molecule has 0 fully saturated rings. The van der Waals surface area contributed by atoms with Crippen molar-refractivity contribution in [2.45, 2.75) is 13.8 Å². The number of amides is 2. The molecule has 0 N–H and O–H groups in total. The van der Waals surface area contributed by atoms with E-state index < -0.39 is 17.1 Å². The topological polar surface area (TPSA) is 71.5 Å². The molecule has 5 nitrogen and oxygen atoms in total. The fourth-order valence-electron chi connectivity index (χ4n) is 1.65. The number of hydrogen-bond acceptors (Lipinski definition) is 4. The fraction of sp³-hybridized carbons (Fsp3) is 0.167.